The minimum absolute atomic E-state index is 0.192. The van der Waals surface area contributed by atoms with Crippen molar-refractivity contribution in [2.24, 2.45) is 5.41 Å². The van der Waals surface area contributed by atoms with Crippen molar-refractivity contribution in [1.82, 2.24) is 10.2 Å². The fourth-order valence-electron chi connectivity index (χ4n) is 2.95. The second kappa shape index (κ2) is 6.33. The number of nitrogens with zero attached hydrogens (tertiary/aromatic N) is 1. The van der Waals surface area contributed by atoms with Gasteiger partial charge in [-0.25, -0.2) is 0 Å². The highest BCUT2D eigenvalue weighted by Crippen LogP contribution is 2.32. The second-order valence-corrected chi connectivity index (χ2v) is 8.49. The Morgan fingerprint density at radius 1 is 1.42 bits per heavy atom. The number of hydrogen-bond donors (Lipinski definition) is 1. The van der Waals surface area contributed by atoms with Gasteiger partial charge in [-0.15, -0.1) is 0 Å². The van der Waals surface area contributed by atoms with Gasteiger partial charge in [-0.1, -0.05) is 0 Å². The monoisotopic (exact) mass is 286 g/mol. The maximum atomic E-state index is 5.72. The van der Waals surface area contributed by atoms with Crippen LogP contribution in [0.25, 0.3) is 0 Å². The normalized spacial score (nSPS) is 32.4. The van der Waals surface area contributed by atoms with E-state index in [1.54, 1.807) is 0 Å². The van der Waals surface area contributed by atoms with Crippen LogP contribution in [-0.4, -0.2) is 61.3 Å². The number of ether oxygens (including phenoxy) is 1. The number of hydrogen-bond acceptors (Lipinski definition) is 4. The molecule has 0 aromatic carbocycles. The van der Waals surface area contributed by atoms with E-state index in [9.17, 15) is 0 Å². The van der Waals surface area contributed by atoms with Gasteiger partial charge in [-0.3, -0.25) is 0 Å². The molecule has 0 saturated carbocycles. The van der Waals surface area contributed by atoms with Gasteiger partial charge in [-0.05, 0) is 46.4 Å². The molecule has 2 fully saturated rings. The molecule has 4 heteroatoms. The molecular weight excluding hydrogens is 256 g/mol. The van der Waals surface area contributed by atoms with Crippen molar-refractivity contribution in [2.75, 3.05) is 44.9 Å². The van der Waals surface area contributed by atoms with Crippen LogP contribution >= 0.6 is 11.8 Å². The fraction of sp³-hybridized carbons (Fsp3) is 1.00. The van der Waals surface area contributed by atoms with Crippen molar-refractivity contribution < 1.29 is 4.74 Å². The molecule has 112 valence electrons. The van der Waals surface area contributed by atoms with Gasteiger partial charge in [0.05, 0.1) is 6.61 Å². The summed E-state index contributed by atoms with van der Waals surface area (Å²) in [4.78, 5) is 2.58. The summed E-state index contributed by atoms with van der Waals surface area (Å²) in [5.74, 6) is 2.64. The Labute approximate surface area is 122 Å². The Morgan fingerprint density at radius 2 is 2.21 bits per heavy atom. The fourth-order valence-corrected chi connectivity index (χ4v) is 4.25. The summed E-state index contributed by atoms with van der Waals surface area (Å²) in [7, 11) is 2.30. The minimum Gasteiger partial charge on any atom is -0.381 e. The highest BCUT2D eigenvalue weighted by Gasteiger charge is 2.38. The van der Waals surface area contributed by atoms with Gasteiger partial charge in [0.1, 0.15) is 0 Å². The molecule has 2 aliphatic rings. The van der Waals surface area contributed by atoms with Crippen molar-refractivity contribution in [3.8, 4) is 0 Å². The summed E-state index contributed by atoms with van der Waals surface area (Å²) < 4.78 is 5.72. The van der Waals surface area contributed by atoms with Crippen molar-refractivity contribution in [1.29, 1.82) is 0 Å². The molecule has 0 radical (unpaired) electrons. The van der Waals surface area contributed by atoms with E-state index in [2.05, 4.69) is 49.8 Å². The lowest BCUT2D eigenvalue weighted by molar-refractivity contribution is 0.100. The largest absolute Gasteiger partial charge is 0.381 e. The van der Waals surface area contributed by atoms with Gasteiger partial charge in [0.2, 0.25) is 0 Å². The van der Waals surface area contributed by atoms with Gasteiger partial charge >= 0.3 is 0 Å². The molecule has 3 nitrogen and oxygen atoms in total. The third-order valence-corrected chi connectivity index (χ3v) is 5.44. The molecule has 2 rings (SSSR count). The molecule has 2 saturated heterocycles. The standard InChI is InChI=1S/C15H30N2OS/c1-14(2,3)16-10-15(6-7-18-12-15)11-17(4)13-5-8-19-9-13/h13,16H,5-12H2,1-4H3. The van der Waals surface area contributed by atoms with E-state index in [1.165, 1.54) is 30.9 Å². The van der Waals surface area contributed by atoms with Crippen LogP contribution in [0.4, 0.5) is 0 Å². The predicted molar refractivity (Wildman–Crippen MR) is 84.0 cm³/mol. The zero-order chi connectivity index (χ0) is 13.9. The molecule has 0 aromatic rings. The van der Waals surface area contributed by atoms with Gasteiger partial charge in [0, 0.05) is 42.4 Å². The molecular formula is C15H30N2OS. The molecule has 0 aliphatic carbocycles. The topological polar surface area (TPSA) is 24.5 Å². The van der Waals surface area contributed by atoms with Crippen molar-refractivity contribution in [3.63, 3.8) is 0 Å². The van der Waals surface area contributed by atoms with E-state index in [4.69, 9.17) is 4.74 Å². The average molecular weight is 286 g/mol. The first-order valence-electron chi connectivity index (χ1n) is 7.51. The maximum absolute atomic E-state index is 5.72. The molecule has 0 spiro atoms. The summed E-state index contributed by atoms with van der Waals surface area (Å²) in [5.41, 5.74) is 0.507. The summed E-state index contributed by atoms with van der Waals surface area (Å²) >= 11 is 2.10. The number of thioether (sulfide) groups is 1. The highest BCUT2D eigenvalue weighted by atomic mass is 32.2. The SMILES string of the molecule is CN(CC1(CNC(C)(C)C)CCOC1)C1CCSC1. The first-order valence-corrected chi connectivity index (χ1v) is 8.67. The Morgan fingerprint density at radius 3 is 2.74 bits per heavy atom. The summed E-state index contributed by atoms with van der Waals surface area (Å²) in [5, 5.41) is 3.69. The molecule has 2 aliphatic heterocycles. The first-order chi connectivity index (χ1) is 8.90. The number of rotatable bonds is 5. The van der Waals surface area contributed by atoms with Gasteiger partial charge < -0.3 is 15.0 Å². The van der Waals surface area contributed by atoms with Gasteiger partial charge in [0.15, 0.2) is 0 Å². The van der Waals surface area contributed by atoms with E-state index in [1.807, 2.05) is 0 Å². The predicted octanol–water partition coefficient (Wildman–Crippen LogP) is 2.22. The third kappa shape index (κ3) is 4.62. The maximum Gasteiger partial charge on any atom is 0.0547 e. The van der Waals surface area contributed by atoms with Crippen LogP contribution in [0.5, 0.6) is 0 Å². The second-order valence-electron chi connectivity index (χ2n) is 7.34. The van der Waals surface area contributed by atoms with Crippen LogP contribution in [0.15, 0.2) is 0 Å². The van der Waals surface area contributed by atoms with Crippen LogP contribution < -0.4 is 5.32 Å². The quantitative estimate of drug-likeness (QED) is 0.837. The van der Waals surface area contributed by atoms with Crippen molar-refractivity contribution in [2.45, 2.75) is 45.2 Å². The number of nitrogens with one attached hydrogen (secondary N) is 1. The lowest BCUT2D eigenvalue weighted by atomic mass is 9.85. The van der Waals surface area contributed by atoms with E-state index >= 15 is 0 Å². The molecule has 19 heavy (non-hydrogen) atoms. The van der Waals surface area contributed by atoms with E-state index in [0.717, 1.165) is 25.8 Å². The minimum atomic E-state index is 0.192. The molecule has 0 bridgehead atoms. The molecule has 0 amide bonds. The molecule has 2 heterocycles. The first kappa shape index (κ1) is 15.6. The zero-order valence-electron chi connectivity index (χ0n) is 13.0. The average Bonchev–Trinajstić information content (AvgIpc) is 2.97. The van der Waals surface area contributed by atoms with Crippen LogP contribution in [0, 0.1) is 5.41 Å². The van der Waals surface area contributed by atoms with Gasteiger partial charge in [0.25, 0.3) is 0 Å². The van der Waals surface area contributed by atoms with E-state index < -0.39 is 0 Å². The lowest BCUT2D eigenvalue weighted by Crippen LogP contribution is -2.50. The molecule has 1 N–H and O–H groups in total. The Kier molecular flexibility index (Phi) is 5.21. The van der Waals surface area contributed by atoms with E-state index in [-0.39, 0.29) is 5.54 Å². The molecule has 2 unspecified atom stereocenters. The smallest absolute Gasteiger partial charge is 0.0547 e. The van der Waals surface area contributed by atoms with Gasteiger partial charge in [-0.2, -0.15) is 11.8 Å². The molecule has 0 aromatic heterocycles. The Hall–Kier alpha value is 0.230. The highest BCUT2D eigenvalue weighted by molar-refractivity contribution is 7.99. The Balaban J connectivity index is 1.90. The zero-order valence-corrected chi connectivity index (χ0v) is 13.8. The third-order valence-electron chi connectivity index (χ3n) is 4.29. The lowest BCUT2D eigenvalue weighted by Gasteiger charge is -2.37. The van der Waals surface area contributed by atoms with Crippen molar-refractivity contribution in [3.05, 3.63) is 0 Å². The van der Waals surface area contributed by atoms with Crippen LogP contribution in [0.2, 0.25) is 0 Å². The summed E-state index contributed by atoms with van der Waals surface area (Å²) in [6.45, 7) is 10.8. The summed E-state index contributed by atoms with van der Waals surface area (Å²) in [6, 6.07) is 0.775. The molecule has 2 atom stereocenters. The van der Waals surface area contributed by atoms with Crippen molar-refractivity contribution >= 4 is 11.8 Å². The summed E-state index contributed by atoms with van der Waals surface area (Å²) in [6.07, 6.45) is 2.55. The van der Waals surface area contributed by atoms with Crippen LogP contribution in [0.1, 0.15) is 33.6 Å². The van der Waals surface area contributed by atoms with E-state index in [0.29, 0.717) is 5.41 Å². The van der Waals surface area contributed by atoms with Crippen LogP contribution in [-0.2, 0) is 4.74 Å². The Bertz CT molecular complexity index is 278. The van der Waals surface area contributed by atoms with Crippen LogP contribution in [0.3, 0.4) is 0 Å².